The number of urea groups is 1. The van der Waals surface area contributed by atoms with Crippen molar-refractivity contribution in [2.45, 2.75) is 26.1 Å². The van der Waals surface area contributed by atoms with E-state index in [-0.39, 0.29) is 6.10 Å². The molecule has 3 heterocycles. The summed E-state index contributed by atoms with van der Waals surface area (Å²) >= 11 is 0. The number of amides is 2. The Morgan fingerprint density at radius 2 is 1.85 bits per heavy atom. The minimum atomic E-state index is -4.48. The van der Waals surface area contributed by atoms with Gasteiger partial charge in [-0.25, -0.2) is 14.8 Å². The number of benzene rings is 1. The second-order valence-corrected chi connectivity index (χ2v) is 7.84. The summed E-state index contributed by atoms with van der Waals surface area (Å²) in [5.74, 6) is 0.559. The van der Waals surface area contributed by atoms with Crippen LogP contribution in [-0.2, 0) is 0 Å². The van der Waals surface area contributed by atoms with E-state index in [1.54, 1.807) is 35.9 Å². The summed E-state index contributed by atoms with van der Waals surface area (Å²) in [6, 6.07) is 13.5. The number of nitrogens with zero attached hydrogens (tertiary/aromatic N) is 3. The van der Waals surface area contributed by atoms with Gasteiger partial charge in [0.05, 0.1) is 18.0 Å². The second-order valence-electron chi connectivity index (χ2n) is 7.84. The summed E-state index contributed by atoms with van der Waals surface area (Å²) in [7, 11) is 0. The number of ether oxygens (including phenoxy) is 1. The molecule has 2 amide bonds. The molecule has 4 aromatic rings. The van der Waals surface area contributed by atoms with Gasteiger partial charge in [0.25, 0.3) is 0 Å². The maximum absolute atomic E-state index is 12.3. The van der Waals surface area contributed by atoms with E-state index in [1.165, 1.54) is 0 Å². The fourth-order valence-corrected chi connectivity index (χ4v) is 3.35. The summed E-state index contributed by atoms with van der Waals surface area (Å²) in [4.78, 5) is 20.6. The average molecular weight is 469 g/mol. The van der Waals surface area contributed by atoms with Gasteiger partial charge in [-0.15, -0.1) is 0 Å². The van der Waals surface area contributed by atoms with Gasteiger partial charge in [0.2, 0.25) is 5.88 Å². The Morgan fingerprint density at radius 1 is 1.03 bits per heavy atom. The summed E-state index contributed by atoms with van der Waals surface area (Å²) < 4.78 is 44.3. The smallest absolute Gasteiger partial charge is 0.405 e. The fraction of sp³-hybridized carbons (Fsp3) is 0.208. The third-order valence-corrected chi connectivity index (χ3v) is 4.80. The van der Waals surface area contributed by atoms with Gasteiger partial charge in [-0.2, -0.15) is 13.2 Å². The predicted molar refractivity (Wildman–Crippen MR) is 123 cm³/mol. The van der Waals surface area contributed by atoms with Crippen LogP contribution in [0.5, 0.6) is 5.88 Å². The lowest BCUT2D eigenvalue weighted by molar-refractivity contribution is -0.122. The van der Waals surface area contributed by atoms with Crippen molar-refractivity contribution in [1.82, 2.24) is 19.7 Å². The number of hydrogen-bond donors (Lipinski definition) is 2. The van der Waals surface area contributed by atoms with E-state index in [2.05, 4.69) is 15.3 Å². The third-order valence-electron chi connectivity index (χ3n) is 4.80. The van der Waals surface area contributed by atoms with Crippen molar-refractivity contribution in [1.29, 1.82) is 0 Å². The lowest BCUT2D eigenvalue weighted by Crippen LogP contribution is -2.36. The van der Waals surface area contributed by atoms with Crippen LogP contribution in [0.2, 0.25) is 0 Å². The number of carbonyl (C=O) groups excluding carboxylic acids is 1. The van der Waals surface area contributed by atoms with E-state index in [4.69, 9.17) is 4.74 Å². The molecule has 0 aliphatic heterocycles. The maximum atomic E-state index is 12.3. The molecule has 2 N–H and O–H groups in total. The van der Waals surface area contributed by atoms with Crippen LogP contribution in [0.1, 0.15) is 13.8 Å². The van der Waals surface area contributed by atoms with Crippen LogP contribution in [0.25, 0.3) is 28.0 Å². The normalized spacial score (nSPS) is 11.6. The topological polar surface area (TPSA) is 80.5 Å². The van der Waals surface area contributed by atoms with Gasteiger partial charge in [0.15, 0.2) is 0 Å². The number of imidazole rings is 1. The molecule has 34 heavy (non-hydrogen) atoms. The summed E-state index contributed by atoms with van der Waals surface area (Å²) in [5.41, 5.74) is 4.42. The molecular weight excluding hydrogens is 447 g/mol. The summed E-state index contributed by atoms with van der Waals surface area (Å²) in [6.45, 7) is 2.47. The molecule has 0 aliphatic rings. The average Bonchev–Trinajstić information content (AvgIpc) is 3.21. The number of pyridine rings is 2. The first-order chi connectivity index (χ1) is 16.2. The summed E-state index contributed by atoms with van der Waals surface area (Å²) in [6.07, 6.45) is 0.878. The van der Waals surface area contributed by atoms with Crippen LogP contribution in [0.15, 0.2) is 67.1 Å². The Labute approximate surface area is 193 Å². The van der Waals surface area contributed by atoms with Crippen molar-refractivity contribution in [3.63, 3.8) is 0 Å². The molecule has 0 spiro atoms. The molecule has 0 atom stereocenters. The van der Waals surface area contributed by atoms with Crippen molar-refractivity contribution in [3.05, 3.63) is 67.1 Å². The molecule has 0 radical (unpaired) electrons. The minimum absolute atomic E-state index is 0.0426. The molecule has 4 rings (SSSR count). The lowest BCUT2D eigenvalue weighted by atomic mass is 10.1. The van der Waals surface area contributed by atoms with Gasteiger partial charge in [-0.05, 0) is 49.7 Å². The number of nitrogens with one attached hydrogen (secondary N) is 2. The zero-order chi connectivity index (χ0) is 24.3. The van der Waals surface area contributed by atoms with Crippen molar-refractivity contribution >= 4 is 17.4 Å². The maximum Gasteiger partial charge on any atom is 0.405 e. The van der Waals surface area contributed by atoms with Crippen LogP contribution in [0.3, 0.4) is 0 Å². The molecule has 0 bridgehead atoms. The molecular formula is C24H22F3N5O2. The highest BCUT2D eigenvalue weighted by atomic mass is 19.4. The Morgan fingerprint density at radius 3 is 2.56 bits per heavy atom. The second kappa shape index (κ2) is 9.42. The molecule has 0 saturated heterocycles. The van der Waals surface area contributed by atoms with Crippen molar-refractivity contribution < 1.29 is 22.7 Å². The Hall–Kier alpha value is -4.08. The van der Waals surface area contributed by atoms with Gasteiger partial charge in [-0.1, -0.05) is 12.1 Å². The van der Waals surface area contributed by atoms with Gasteiger partial charge >= 0.3 is 12.2 Å². The van der Waals surface area contributed by atoms with E-state index >= 15 is 0 Å². The zero-order valence-corrected chi connectivity index (χ0v) is 18.4. The SMILES string of the molecule is CC(C)Oc1ccc(-c2ccn3c(-c4cccc(NC(=O)NCC(F)(F)F)c4)cnc3c2)cn1. The molecule has 0 unspecified atom stereocenters. The van der Waals surface area contributed by atoms with E-state index in [0.717, 1.165) is 22.4 Å². The minimum Gasteiger partial charge on any atom is -0.475 e. The Kier molecular flexibility index (Phi) is 6.40. The summed E-state index contributed by atoms with van der Waals surface area (Å²) in [5, 5.41) is 4.20. The number of hydrogen-bond acceptors (Lipinski definition) is 4. The van der Waals surface area contributed by atoms with Gasteiger partial charge in [0.1, 0.15) is 12.2 Å². The number of rotatable bonds is 6. The number of aromatic nitrogens is 3. The van der Waals surface area contributed by atoms with E-state index in [1.807, 2.05) is 54.8 Å². The van der Waals surface area contributed by atoms with Crippen molar-refractivity contribution in [2.24, 2.45) is 0 Å². The molecule has 1 aromatic carbocycles. The van der Waals surface area contributed by atoms with Crippen molar-refractivity contribution in [3.8, 4) is 28.3 Å². The fourth-order valence-electron chi connectivity index (χ4n) is 3.35. The number of halogens is 3. The highest BCUT2D eigenvalue weighted by Gasteiger charge is 2.27. The van der Waals surface area contributed by atoms with Crippen LogP contribution in [-0.4, -0.2) is 39.2 Å². The quantitative estimate of drug-likeness (QED) is 0.389. The number of alkyl halides is 3. The van der Waals surface area contributed by atoms with Gasteiger partial charge in [0, 0.05) is 35.3 Å². The van der Waals surface area contributed by atoms with Crippen molar-refractivity contribution in [2.75, 3.05) is 11.9 Å². The van der Waals surface area contributed by atoms with E-state index < -0.39 is 18.8 Å². The molecule has 0 aliphatic carbocycles. The van der Waals surface area contributed by atoms with Crippen LogP contribution in [0.4, 0.5) is 23.7 Å². The first-order valence-electron chi connectivity index (χ1n) is 10.5. The molecule has 3 aromatic heterocycles. The number of fused-ring (bicyclic) bond motifs is 1. The highest BCUT2D eigenvalue weighted by molar-refractivity contribution is 5.90. The van der Waals surface area contributed by atoms with Gasteiger partial charge < -0.3 is 15.4 Å². The standard InChI is InChI=1S/C24H22F3N5O2/c1-15(2)34-22-7-6-18(12-29-22)16-8-9-32-20(13-28-21(32)11-16)17-4-3-5-19(10-17)31-23(33)30-14-24(25,26)27/h3-13,15H,14H2,1-2H3,(H2,30,31,33). The Bertz CT molecular complexity index is 1300. The first kappa shape index (κ1) is 23.1. The number of anilines is 1. The zero-order valence-electron chi connectivity index (χ0n) is 18.4. The molecule has 0 fully saturated rings. The highest BCUT2D eigenvalue weighted by Crippen LogP contribution is 2.27. The molecule has 10 heteroatoms. The van der Waals surface area contributed by atoms with Crippen LogP contribution < -0.4 is 15.4 Å². The van der Waals surface area contributed by atoms with Crippen LogP contribution >= 0.6 is 0 Å². The Balaban J connectivity index is 1.53. The monoisotopic (exact) mass is 469 g/mol. The largest absolute Gasteiger partial charge is 0.475 e. The van der Waals surface area contributed by atoms with Gasteiger partial charge in [-0.3, -0.25) is 4.40 Å². The van der Waals surface area contributed by atoms with Crippen LogP contribution in [0, 0.1) is 0 Å². The molecule has 7 nitrogen and oxygen atoms in total. The molecule has 176 valence electrons. The molecule has 0 saturated carbocycles. The number of carbonyl (C=O) groups is 1. The first-order valence-corrected chi connectivity index (χ1v) is 10.5. The lowest BCUT2D eigenvalue weighted by Gasteiger charge is -2.11. The van der Waals surface area contributed by atoms with E-state index in [9.17, 15) is 18.0 Å². The van der Waals surface area contributed by atoms with E-state index in [0.29, 0.717) is 17.2 Å². The third kappa shape index (κ3) is 5.64. The predicted octanol–water partition coefficient (Wildman–Crippen LogP) is 5.53.